The molecule has 2 aromatic heterocycles. The second-order valence-corrected chi connectivity index (χ2v) is 7.30. The number of carbonyl (C=O) groups is 1. The van der Waals surface area contributed by atoms with Gasteiger partial charge in [0.25, 0.3) is 0 Å². The summed E-state index contributed by atoms with van der Waals surface area (Å²) in [6, 6.07) is 19.8. The average Bonchev–Trinajstić information content (AvgIpc) is 3.56. The van der Waals surface area contributed by atoms with E-state index in [0.717, 1.165) is 39.8 Å². The Kier molecular flexibility index (Phi) is 4.28. The van der Waals surface area contributed by atoms with Crippen LogP contribution in [0, 0.1) is 11.7 Å². The van der Waals surface area contributed by atoms with Crippen molar-refractivity contribution in [1.29, 1.82) is 0 Å². The largest absolute Gasteiger partial charge is 0.324 e. The van der Waals surface area contributed by atoms with Gasteiger partial charge in [-0.1, -0.05) is 24.3 Å². The number of anilines is 1. The van der Waals surface area contributed by atoms with E-state index in [1.807, 2.05) is 48.7 Å². The molecule has 0 spiro atoms. The van der Waals surface area contributed by atoms with Gasteiger partial charge in [0.1, 0.15) is 5.82 Å². The second kappa shape index (κ2) is 7.09. The molecule has 4 nitrogen and oxygen atoms in total. The van der Waals surface area contributed by atoms with Gasteiger partial charge in [0.2, 0.25) is 5.91 Å². The first-order valence-corrected chi connectivity index (χ1v) is 9.55. The fourth-order valence-electron chi connectivity index (χ4n) is 3.70. The van der Waals surface area contributed by atoms with Gasteiger partial charge >= 0.3 is 0 Å². The number of halogens is 1. The fourth-order valence-corrected chi connectivity index (χ4v) is 3.70. The van der Waals surface area contributed by atoms with E-state index in [4.69, 9.17) is 0 Å². The van der Waals surface area contributed by atoms with E-state index in [0.29, 0.717) is 0 Å². The molecule has 2 atom stereocenters. The maximum absolute atomic E-state index is 13.1. The average molecular weight is 383 g/mol. The quantitative estimate of drug-likeness (QED) is 0.528. The monoisotopic (exact) mass is 383 g/mol. The van der Waals surface area contributed by atoms with E-state index >= 15 is 0 Å². The zero-order chi connectivity index (χ0) is 19.8. The van der Waals surface area contributed by atoms with Crippen molar-refractivity contribution in [2.45, 2.75) is 12.3 Å². The summed E-state index contributed by atoms with van der Waals surface area (Å²) in [6.45, 7) is 0. The van der Waals surface area contributed by atoms with Crippen molar-refractivity contribution in [3.8, 4) is 11.3 Å². The number of para-hydroxylation sites is 1. The second-order valence-electron chi connectivity index (χ2n) is 7.30. The number of aromatic nitrogens is 2. The SMILES string of the molecule is O=C(Nc1cccc2cccnc12)C1CC1c1ccc(-c2ccc(F)cc2)nc1. The van der Waals surface area contributed by atoms with Crippen molar-refractivity contribution in [3.05, 3.63) is 90.5 Å². The molecule has 1 aliphatic rings. The van der Waals surface area contributed by atoms with E-state index in [9.17, 15) is 9.18 Å². The summed E-state index contributed by atoms with van der Waals surface area (Å²) in [5.74, 6) is -0.144. The molecule has 1 N–H and O–H groups in total. The highest BCUT2D eigenvalue weighted by atomic mass is 19.1. The molecule has 0 radical (unpaired) electrons. The van der Waals surface area contributed by atoms with Crippen molar-refractivity contribution in [2.75, 3.05) is 5.32 Å². The van der Waals surface area contributed by atoms with Crippen molar-refractivity contribution in [1.82, 2.24) is 9.97 Å². The third kappa shape index (κ3) is 3.47. The zero-order valence-corrected chi connectivity index (χ0v) is 15.5. The number of nitrogens with one attached hydrogen (secondary N) is 1. The van der Waals surface area contributed by atoms with Crippen LogP contribution in [-0.4, -0.2) is 15.9 Å². The van der Waals surface area contributed by atoms with Crippen molar-refractivity contribution < 1.29 is 9.18 Å². The van der Waals surface area contributed by atoms with Crippen LogP contribution in [0.4, 0.5) is 10.1 Å². The van der Waals surface area contributed by atoms with E-state index in [2.05, 4.69) is 15.3 Å². The molecule has 1 fully saturated rings. The van der Waals surface area contributed by atoms with Gasteiger partial charge in [0.15, 0.2) is 0 Å². The number of hydrogen-bond acceptors (Lipinski definition) is 3. The van der Waals surface area contributed by atoms with Crippen LogP contribution in [0.2, 0.25) is 0 Å². The number of pyridine rings is 2. The van der Waals surface area contributed by atoms with Crippen LogP contribution in [0.25, 0.3) is 22.2 Å². The lowest BCUT2D eigenvalue weighted by Gasteiger charge is -2.08. The predicted octanol–water partition coefficient (Wildman–Crippen LogP) is 5.18. The first kappa shape index (κ1) is 17.5. The highest BCUT2D eigenvalue weighted by Gasteiger charge is 2.44. The predicted molar refractivity (Wildman–Crippen MR) is 111 cm³/mol. The van der Waals surface area contributed by atoms with Gasteiger partial charge < -0.3 is 5.32 Å². The number of benzene rings is 2. The van der Waals surface area contributed by atoms with Gasteiger partial charge in [-0.2, -0.15) is 0 Å². The lowest BCUT2D eigenvalue weighted by Crippen LogP contribution is -2.15. The number of carbonyl (C=O) groups excluding carboxylic acids is 1. The van der Waals surface area contributed by atoms with E-state index in [-0.39, 0.29) is 23.6 Å². The number of rotatable bonds is 4. The van der Waals surface area contributed by atoms with Gasteiger partial charge in [-0.3, -0.25) is 14.8 Å². The summed E-state index contributed by atoms with van der Waals surface area (Å²) in [4.78, 5) is 21.6. The number of fused-ring (bicyclic) bond motifs is 1. The molecule has 5 heteroatoms. The van der Waals surface area contributed by atoms with E-state index < -0.39 is 0 Å². The maximum Gasteiger partial charge on any atom is 0.228 e. The van der Waals surface area contributed by atoms with Crippen LogP contribution in [0.1, 0.15) is 17.9 Å². The molecule has 1 aliphatic carbocycles. The first-order valence-electron chi connectivity index (χ1n) is 9.55. The van der Waals surface area contributed by atoms with Gasteiger partial charge in [-0.15, -0.1) is 0 Å². The minimum atomic E-state index is -0.265. The van der Waals surface area contributed by atoms with Crippen LogP contribution >= 0.6 is 0 Å². The van der Waals surface area contributed by atoms with E-state index in [1.165, 1.54) is 12.1 Å². The van der Waals surface area contributed by atoms with Crippen LogP contribution in [0.3, 0.4) is 0 Å². The lowest BCUT2D eigenvalue weighted by molar-refractivity contribution is -0.117. The summed E-state index contributed by atoms with van der Waals surface area (Å²) in [6.07, 6.45) is 4.35. The molecule has 29 heavy (non-hydrogen) atoms. The van der Waals surface area contributed by atoms with Crippen LogP contribution in [0.15, 0.2) is 79.1 Å². The fraction of sp³-hybridized carbons (Fsp3) is 0.125. The maximum atomic E-state index is 13.1. The van der Waals surface area contributed by atoms with Crippen molar-refractivity contribution in [2.24, 2.45) is 5.92 Å². The van der Waals surface area contributed by atoms with Gasteiger partial charge in [-0.05, 0) is 60.4 Å². The van der Waals surface area contributed by atoms with Crippen LogP contribution in [-0.2, 0) is 4.79 Å². The molecule has 142 valence electrons. The number of amides is 1. The van der Waals surface area contributed by atoms with Crippen LogP contribution < -0.4 is 5.32 Å². The molecule has 2 unspecified atom stereocenters. The Morgan fingerprint density at radius 2 is 1.79 bits per heavy atom. The summed E-state index contributed by atoms with van der Waals surface area (Å²) in [5.41, 5.74) is 4.24. The molecule has 1 saturated carbocycles. The summed E-state index contributed by atoms with van der Waals surface area (Å²) in [5, 5.41) is 4.03. The molecule has 1 amide bonds. The Morgan fingerprint density at radius 3 is 2.59 bits per heavy atom. The lowest BCUT2D eigenvalue weighted by atomic mass is 10.1. The molecule has 2 aromatic carbocycles. The summed E-state index contributed by atoms with van der Waals surface area (Å²) < 4.78 is 13.1. The van der Waals surface area contributed by atoms with Crippen LogP contribution in [0.5, 0.6) is 0 Å². The minimum Gasteiger partial charge on any atom is -0.324 e. The van der Waals surface area contributed by atoms with Crippen molar-refractivity contribution in [3.63, 3.8) is 0 Å². The first-order chi connectivity index (χ1) is 14.2. The van der Waals surface area contributed by atoms with Gasteiger partial charge in [0.05, 0.1) is 16.9 Å². The Balaban J connectivity index is 1.29. The number of nitrogens with zero attached hydrogens (tertiary/aromatic N) is 2. The van der Waals surface area contributed by atoms with E-state index in [1.54, 1.807) is 18.3 Å². The third-order valence-electron chi connectivity index (χ3n) is 5.37. The minimum absolute atomic E-state index is 0.00997. The molecule has 0 aliphatic heterocycles. The highest BCUT2D eigenvalue weighted by Crippen LogP contribution is 2.48. The molecule has 4 aromatic rings. The Bertz CT molecular complexity index is 1180. The Morgan fingerprint density at radius 1 is 0.966 bits per heavy atom. The molecule has 5 rings (SSSR count). The third-order valence-corrected chi connectivity index (χ3v) is 5.37. The summed E-state index contributed by atoms with van der Waals surface area (Å²) in [7, 11) is 0. The van der Waals surface area contributed by atoms with Gasteiger partial charge in [0, 0.05) is 29.3 Å². The van der Waals surface area contributed by atoms with Crippen molar-refractivity contribution >= 4 is 22.5 Å². The highest BCUT2D eigenvalue weighted by molar-refractivity contribution is 6.02. The Hall–Kier alpha value is -3.60. The molecule has 2 heterocycles. The molecule has 0 bridgehead atoms. The summed E-state index contributed by atoms with van der Waals surface area (Å²) >= 11 is 0. The smallest absolute Gasteiger partial charge is 0.228 e. The normalized spacial score (nSPS) is 17.8. The zero-order valence-electron chi connectivity index (χ0n) is 15.5. The topological polar surface area (TPSA) is 54.9 Å². The Labute approximate surface area is 167 Å². The molecule has 0 saturated heterocycles. The molecular weight excluding hydrogens is 365 g/mol. The standard InChI is InChI=1S/C24H18FN3O/c25-18-9-6-15(7-10-18)21-11-8-17(14-27-21)19-13-20(19)24(29)28-22-5-1-3-16-4-2-12-26-23(16)22/h1-12,14,19-20H,13H2,(H,28,29). The van der Waals surface area contributed by atoms with Gasteiger partial charge in [-0.25, -0.2) is 4.39 Å². The number of hydrogen-bond donors (Lipinski definition) is 1. The molecular formula is C24H18FN3O.